The second-order valence-electron chi connectivity index (χ2n) is 5.24. The average molecular weight is 303 g/mol. The van der Waals surface area contributed by atoms with Crippen LogP contribution in [0.2, 0.25) is 0 Å². The minimum Gasteiger partial charge on any atom is -0.322 e. The van der Waals surface area contributed by atoms with E-state index in [0.29, 0.717) is 6.54 Å². The van der Waals surface area contributed by atoms with Crippen molar-refractivity contribution in [2.45, 2.75) is 25.8 Å². The van der Waals surface area contributed by atoms with E-state index in [1.54, 1.807) is 12.1 Å². The number of benzene rings is 2. The molecule has 3 aromatic rings. The van der Waals surface area contributed by atoms with Gasteiger partial charge in [-0.2, -0.15) is 0 Å². The van der Waals surface area contributed by atoms with Crippen molar-refractivity contribution in [3.63, 3.8) is 0 Å². The Morgan fingerprint density at radius 1 is 1.19 bits per heavy atom. The summed E-state index contributed by atoms with van der Waals surface area (Å²) in [7, 11) is 0. The van der Waals surface area contributed by atoms with Gasteiger partial charge in [0, 0.05) is 6.54 Å². The van der Waals surface area contributed by atoms with Crippen molar-refractivity contribution in [2.75, 3.05) is 0 Å². The van der Waals surface area contributed by atoms with Crippen molar-refractivity contribution in [1.29, 1.82) is 0 Å². The van der Waals surface area contributed by atoms with Crippen LogP contribution in [0.15, 0.2) is 42.5 Å². The van der Waals surface area contributed by atoms with Gasteiger partial charge in [0.1, 0.15) is 11.6 Å². The van der Waals surface area contributed by atoms with Gasteiger partial charge in [0.25, 0.3) is 0 Å². The van der Waals surface area contributed by atoms with Crippen molar-refractivity contribution in [3.8, 4) is 0 Å². The number of imidazole rings is 1. The molecule has 4 heteroatoms. The highest BCUT2D eigenvalue weighted by Gasteiger charge is 2.16. The first-order valence-electron chi connectivity index (χ1n) is 6.90. The van der Waals surface area contributed by atoms with E-state index in [4.69, 9.17) is 11.6 Å². The number of hydrogen-bond acceptors (Lipinski definition) is 1. The van der Waals surface area contributed by atoms with E-state index >= 15 is 0 Å². The highest BCUT2D eigenvalue weighted by Crippen LogP contribution is 2.27. The minimum absolute atomic E-state index is 0.183. The Bertz CT molecular complexity index is 775. The molecule has 0 spiro atoms. The zero-order chi connectivity index (χ0) is 15.0. The van der Waals surface area contributed by atoms with Crippen LogP contribution in [0.5, 0.6) is 0 Å². The summed E-state index contributed by atoms with van der Waals surface area (Å²) in [5, 5.41) is -0.183. The Morgan fingerprint density at radius 2 is 1.90 bits per heavy atom. The lowest BCUT2D eigenvalue weighted by Gasteiger charge is -2.10. The van der Waals surface area contributed by atoms with Crippen molar-refractivity contribution < 1.29 is 4.39 Å². The quantitative estimate of drug-likeness (QED) is 0.634. The summed E-state index contributed by atoms with van der Waals surface area (Å²) < 4.78 is 15.1. The number of aromatic nitrogens is 2. The molecule has 2 nitrogen and oxygen atoms in total. The molecule has 0 aliphatic rings. The summed E-state index contributed by atoms with van der Waals surface area (Å²) >= 11 is 6.28. The average Bonchev–Trinajstić information content (AvgIpc) is 2.82. The molecule has 0 radical (unpaired) electrons. The van der Waals surface area contributed by atoms with Crippen LogP contribution >= 0.6 is 11.6 Å². The van der Waals surface area contributed by atoms with Crippen LogP contribution in [0.1, 0.15) is 29.3 Å². The van der Waals surface area contributed by atoms with Gasteiger partial charge < -0.3 is 4.57 Å². The molecule has 0 bridgehead atoms. The third kappa shape index (κ3) is 2.66. The van der Waals surface area contributed by atoms with E-state index in [9.17, 15) is 4.39 Å². The second-order valence-corrected chi connectivity index (χ2v) is 5.90. The van der Waals surface area contributed by atoms with Crippen molar-refractivity contribution >= 4 is 22.6 Å². The molecule has 0 aliphatic carbocycles. The molecule has 0 aliphatic heterocycles. The predicted molar refractivity (Wildman–Crippen MR) is 84.2 cm³/mol. The standard InChI is InChI=1S/C17H16ClFN2/c1-11-4-3-5-15-16(11)20-17(12(2)18)21(15)10-13-6-8-14(19)9-7-13/h3-9,12H,10H2,1-2H3. The van der Waals surface area contributed by atoms with E-state index < -0.39 is 0 Å². The zero-order valence-corrected chi connectivity index (χ0v) is 12.7. The second kappa shape index (κ2) is 5.49. The fraction of sp³-hybridized carbons (Fsp3) is 0.235. The van der Waals surface area contributed by atoms with Gasteiger partial charge in [0.05, 0.1) is 16.4 Å². The van der Waals surface area contributed by atoms with Gasteiger partial charge >= 0.3 is 0 Å². The largest absolute Gasteiger partial charge is 0.322 e. The number of alkyl halides is 1. The molecule has 1 unspecified atom stereocenters. The maximum Gasteiger partial charge on any atom is 0.128 e. The Labute approximate surface area is 128 Å². The third-order valence-corrected chi connectivity index (χ3v) is 3.82. The topological polar surface area (TPSA) is 17.8 Å². The molecule has 0 N–H and O–H groups in total. The molecule has 21 heavy (non-hydrogen) atoms. The monoisotopic (exact) mass is 302 g/mol. The molecule has 1 atom stereocenters. The SMILES string of the molecule is Cc1cccc2c1nc(C(C)Cl)n2Cc1ccc(F)cc1. The van der Waals surface area contributed by atoms with Crippen LogP contribution in [0, 0.1) is 12.7 Å². The highest BCUT2D eigenvalue weighted by molar-refractivity contribution is 6.20. The Balaban J connectivity index is 2.13. The first-order valence-corrected chi connectivity index (χ1v) is 7.34. The minimum atomic E-state index is -0.226. The third-order valence-electron chi connectivity index (χ3n) is 3.62. The summed E-state index contributed by atoms with van der Waals surface area (Å²) in [4.78, 5) is 4.68. The predicted octanol–water partition coefficient (Wildman–Crippen LogP) is 4.83. The molecule has 1 aromatic heterocycles. The normalized spacial score (nSPS) is 12.8. The maximum atomic E-state index is 13.0. The van der Waals surface area contributed by atoms with Gasteiger partial charge in [0.15, 0.2) is 0 Å². The van der Waals surface area contributed by atoms with Gasteiger partial charge in [-0.05, 0) is 43.2 Å². The van der Waals surface area contributed by atoms with E-state index in [2.05, 4.69) is 9.55 Å². The van der Waals surface area contributed by atoms with Gasteiger partial charge in [0.2, 0.25) is 0 Å². The fourth-order valence-corrected chi connectivity index (χ4v) is 2.71. The van der Waals surface area contributed by atoms with Crippen LogP contribution in [-0.4, -0.2) is 9.55 Å². The molecular weight excluding hydrogens is 287 g/mol. The molecule has 0 saturated carbocycles. The molecule has 0 amide bonds. The van der Waals surface area contributed by atoms with Gasteiger partial charge in [-0.25, -0.2) is 9.37 Å². The molecule has 0 saturated heterocycles. The van der Waals surface area contributed by atoms with E-state index in [1.165, 1.54) is 12.1 Å². The Hall–Kier alpha value is -1.87. The Kier molecular flexibility index (Phi) is 3.68. The van der Waals surface area contributed by atoms with E-state index in [-0.39, 0.29) is 11.2 Å². The van der Waals surface area contributed by atoms with E-state index in [0.717, 1.165) is 28.0 Å². The lowest BCUT2D eigenvalue weighted by molar-refractivity contribution is 0.626. The molecule has 3 rings (SSSR count). The van der Waals surface area contributed by atoms with Crippen LogP contribution < -0.4 is 0 Å². The number of para-hydroxylation sites is 1. The van der Waals surface area contributed by atoms with Gasteiger partial charge in [-0.15, -0.1) is 11.6 Å². The number of halogens is 2. The summed E-state index contributed by atoms with van der Waals surface area (Å²) in [6, 6.07) is 12.6. The first kappa shape index (κ1) is 14.1. The molecule has 108 valence electrons. The molecule has 0 fully saturated rings. The number of fused-ring (bicyclic) bond motifs is 1. The Morgan fingerprint density at radius 3 is 2.57 bits per heavy atom. The number of aryl methyl sites for hydroxylation is 1. The summed E-state index contributed by atoms with van der Waals surface area (Å²) in [5.41, 5.74) is 4.18. The highest BCUT2D eigenvalue weighted by atomic mass is 35.5. The molecule has 2 aromatic carbocycles. The zero-order valence-electron chi connectivity index (χ0n) is 12.0. The van der Waals surface area contributed by atoms with Crippen molar-refractivity contribution in [2.24, 2.45) is 0 Å². The lowest BCUT2D eigenvalue weighted by Crippen LogP contribution is -2.05. The maximum absolute atomic E-state index is 13.0. The van der Waals surface area contributed by atoms with Crippen LogP contribution in [0.3, 0.4) is 0 Å². The van der Waals surface area contributed by atoms with Crippen LogP contribution in [0.4, 0.5) is 4.39 Å². The smallest absolute Gasteiger partial charge is 0.128 e. The lowest BCUT2D eigenvalue weighted by atomic mass is 10.2. The number of hydrogen-bond donors (Lipinski definition) is 0. The van der Waals surface area contributed by atoms with Gasteiger partial charge in [-0.1, -0.05) is 24.3 Å². The van der Waals surface area contributed by atoms with E-state index in [1.807, 2.05) is 32.0 Å². The number of rotatable bonds is 3. The van der Waals surface area contributed by atoms with Crippen molar-refractivity contribution in [1.82, 2.24) is 9.55 Å². The van der Waals surface area contributed by atoms with Gasteiger partial charge in [-0.3, -0.25) is 0 Å². The summed E-state index contributed by atoms with van der Waals surface area (Å²) in [6.45, 7) is 4.59. The summed E-state index contributed by atoms with van der Waals surface area (Å²) in [6.07, 6.45) is 0. The molecular formula is C17H16ClFN2. The van der Waals surface area contributed by atoms with Crippen molar-refractivity contribution in [3.05, 3.63) is 65.2 Å². The fourth-order valence-electron chi connectivity index (χ4n) is 2.55. The van der Waals surface area contributed by atoms with Crippen LogP contribution in [0.25, 0.3) is 11.0 Å². The first-order chi connectivity index (χ1) is 10.1. The van der Waals surface area contributed by atoms with Crippen LogP contribution in [-0.2, 0) is 6.54 Å². The summed E-state index contributed by atoms with van der Waals surface area (Å²) in [5.74, 6) is 0.612. The number of nitrogens with zero attached hydrogens (tertiary/aromatic N) is 2. The molecule has 1 heterocycles.